The first-order valence-corrected chi connectivity index (χ1v) is 13.4. The lowest BCUT2D eigenvalue weighted by Crippen LogP contribution is -2.47. The van der Waals surface area contributed by atoms with Crippen LogP contribution in [0.25, 0.3) is 10.9 Å². The van der Waals surface area contributed by atoms with Gasteiger partial charge in [0.05, 0.1) is 6.61 Å². The van der Waals surface area contributed by atoms with Crippen molar-refractivity contribution in [3.8, 4) is 0 Å². The molecule has 0 saturated carbocycles. The third-order valence-electron chi connectivity index (χ3n) is 6.50. The fraction of sp³-hybridized carbons (Fsp3) is 0.433. The molecule has 1 aliphatic heterocycles. The predicted octanol–water partition coefficient (Wildman–Crippen LogP) is 5.48. The highest BCUT2D eigenvalue weighted by molar-refractivity contribution is 6.00. The van der Waals surface area contributed by atoms with Crippen molar-refractivity contribution < 1.29 is 28.6 Å². The van der Waals surface area contributed by atoms with E-state index in [0.717, 1.165) is 16.5 Å². The van der Waals surface area contributed by atoms with Gasteiger partial charge in [0, 0.05) is 48.7 Å². The summed E-state index contributed by atoms with van der Waals surface area (Å²) in [6.45, 7) is 9.19. The van der Waals surface area contributed by atoms with Gasteiger partial charge in [-0.05, 0) is 63.9 Å². The number of ether oxygens (including phenoxy) is 3. The summed E-state index contributed by atoms with van der Waals surface area (Å²) in [6, 6.07) is 16.1. The minimum atomic E-state index is -0.730. The molecule has 1 aromatic heterocycles. The first-order chi connectivity index (χ1) is 18.7. The zero-order valence-corrected chi connectivity index (χ0v) is 23.0. The van der Waals surface area contributed by atoms with Crippen LogP contribution < -0.4 is 5.32 Å². The van der Waals surface area contributed by atoms with Crippen LogP contribution in [0.1, 0.15) is 62.5 Å². The predicted molar refractivity (Wildman–Crippen MR) is 149 cm³/mol. The molecule has 2 amide bonds. The van der Waals surface area contributed by atoms with Gasteiger partial charge < -0.3 is 24.5 Å². The third-order valence-corrected chi connectivity index (χ3v) is 6.50. The Labute approximate surface area is 228 Å². The monoisotopic (exact) mass is 535 g/mol. The number of anilines is 1. The molecule has 2 atom stereocenters. The molecule has 1 saturated heterocycles. The number of esters is 1. The first kappa shape index (κ1) is 28.2. The molecular formula is C30H37N3O6. The summed E-state index contributed by atoms with van der Waals surface area (Å²) in [5, 5.41) is 3.74. The molecule has 2 N–H and O–H groups in total. The third kappa shape index (κ3) is 7.17. The van der Waals surface area contributed by atoms with E-state index in [-0.39, 0.29) is 18.4 Å². The largest absolute Gasteiger partial charge is 0.461 e. The van der Waals surface area contributed by atoms with Gasteiger partial charge in [-0.1, -0.05) is 30.3 Å². The molecular weight excluding hydrogens is 498 g/mol. The van der Waals surface area contributed by atoms with Crippen molar-refractivity contribution in [3.63, 3.8) is 0 Å². The molecule has 208 valence electrons. The zero-order chi connectivity index (χ0) is 28.0. The van der Waals surface area contributed by atoms with E-state index in [1.165, 1.54) is 4.90 Å². The van der Waals surface area contributed by atoms with Gasteiger partial charge in [0.25, 0.3) is 0 Å². The summed E-state index contributed by atoms with van der Waals surface area (Å²) in [5.41, 5.74) is 1.96. The van der Waals surface area contributed by atoms with Crippen molar-refractivity contribution >= 4 is 34.6 Å². The number of hydrogen-bond donors (Lipinski definition) is 2. The number of nitrogens with zero attached hydrogens (tertiary/aromatic N) is 1. The van der Waals surface area contributed by atoms with Crippen LogP contribution in [-0.4, -0.2) is 65.9 Å². The number of fused-ring (bicyclic) bond motifs is 1. The van der Waals surface area contributed by atoms with Gasteiger partial charge in [-0.15, -0.1) is 0 Å². The normalized spacial score (nSPS) is 17.3. The number of H-pyrrole nitrogens is 1. The Bertz CT molecular complexity index is 1300. The number of hydrogen-bond acceptors (Lipinski definition) is 6. The second-order valence-corrected chi connectivity index (χ2v) is 10.6. The maximum absolute atomic E-state index is 13.7. The molecule has 0 aliphatic carbocycles. The zero-order valence-electron chi connectivity index (χ0n) is 23.0. The molecule has 0 unspecified atom stereocenters. The summed E-state index contributed by atoms with van der Waals surface area (Å²) in [7, 11) is 0. The Kier molecular flexibility index (Phi) is 8.91. The highest BCUT2D eigenvalue weighted by Crippen LogP contribution is 2.35. The van der Waals surface area contributed by atoms with E-state index < -0.39 is 23.7 Å². The number of carbonyl (C=O) groups excluding carboxylic acids is 3. The maximum atomic E-state index is 13.7. The Morgan fingerprint density at radius 1 is 1.05 bits per heavy atom. The standard InChI is InChI=1S/C30H37N3O6/c1-5-37-16-9-17-38-28(35)25-19-21-18-22(12-13-24(21)32-25)31-27(34)26-23(20-10-7-6-8-11-20)14-15-33(26)29(36)39-30(2,3)4/h6-8,10-13,18-19,23,26,32H,5,9,14-17H2,1-4H3,(H,31,34)/t23-,26-/m0/s1. The average molecular weight is 536 g/mol. The van der Waals surface area contributed by atoms with Crippen molar-refractivity contribution in [2.75, 3.05) is 31.7 Å². The number of aromatic nitrogens is 1. The van der Waals surface area contributed by atoms with Gasteiger partial charge in [-0.25, -0.2) is 9.59 Å². The second kappa shape index (κ2) is 12.3. The maximum Gasteiger partial charge on any atom is 0.410 e. The van der Waals surface area contributed by atoms with E-state index in [2.05, 4.69) is 10.3 Å². The lowest BCUT2D eigenvalue weighted by Gasteiger charge is -2.30. The molecule has 3 aromatic rings. The van der Waals surface area contributed by atoms with Crippen molar-refractivity contribution in [1.82, 2.24) is 9.88 Å². The Morgan fingerprint density at radius 3 is 2.54 bits per heavy atom. The van der Waals surface area contributed by atoms with E-state index in [4.69, 9.17) is 14.2 Å². The van der Waals surface area contributed by atoms with E-state index in [9.17, 15) is 14.4 Å². The van der Waals surface area contributed by atoms with Crippen LogP contribution in [0.3, 0.4) is 0 Å². The molecule has 2 aromatic carbocycles. The van der Waals surface area contributed by atoms with Gasteiger partial charge in [0.2, 0.25) is 5.91 Å². The van der Waals surface area contributed by atoms with Crippen LogP contribution >= 0.6 is 0 Å². The highest BCUT2D eigenvalue weighted by atomic mass is 16.6. The summed E-state index contributed by atoms with van der Waals surface area (Å²) < 4.78 is 16.2. The number of rotatable bonds is 9. The molecule has 1 fully saturated rings. The second-order valence-electron chi connectivity index (χ2n) is 10.6. The molecule has 0 radical (unpaired) electrons. The molecule has 39 heavy (non-hydrogen) atoms. The van der Waals surface area contributed by atoms with Crippen molar-refractivity contribution in [2.24, 2.45) is 0 Å². The molecule has 0 spiro atoms. The number of likely N-dealkylation sites (tertiary alicyclic amines) is 1. The van der Waals surface area contributed by atoms with E-state index in [1.54, 1.807) is 24.3 Å². The number of aromatic amines is 1. The van der Waals surface area contributed by atoms with Crippen LogP contribution in [0.5, 0.6) is 0 Å². The summed E-state index contributed by atoms with van der Waals surface area (Å²) in [4.78, 5) is 43.7. The van der Waals surface area contributed by atoms with Crippen molar-refractivity contribution in [3.05, 3.63) is 65.9 Å². The van der Waals surface area contributed by atoms with E-state index in [0.29, 0.717) is 44.0 Å². The molecule has 0 bridgehead atoms. The van der Waals surface area contributed by atoms with Crippen LogP contribution in [0.4, 0.5) is 10.5 Å². The molecule has 9 heteroatoms. The van der Waals surface area contributed by atoms with Crippen molar-refractivity contribution in [2.45, 2.75) is 58.1 Å². The van der Waals surface area contributed by atoms with Crippen LogP contribution in [0, 0.1) is 0 Å². The summed E-state index contributed by atoms with van der Waals surface area (Å²) in [5.74, 6) is -0.909. The quantitative estimate of drug-likeness (QED) is 0.277. The Hall–Kier alpha value is -3.85. The minimum Gasteiger partial charge on any atom is -0.461 e. The fourth-order valence-corrected chi connectivity index (χ4v) is 4.78. The van der Waals surface area contributed by atoms with E-state index in [1.807, 2.05) is 58.0 Å². The van der Waals surface area contributed by atoms with Crippen LogP contribution in [0.2, 0.25) is 0 Å². The SMILES string of the molecule is CCOCCCOC(=O)c1cc2cc(NC(=O)[C@@H]3[C@H](c4ccccc4)CCN3C(=O)OC(C)(C)C)ccc2[nH]1. The number of amides is 2. The highest BCUT2D eigenvalue weighted by Gasteiger charge is 2.44. The molecule has 4 rings (SSSR count). The smallest absolute Gasteiger partial charge is 0.410 e. The summed E-state index contributed by atoms with van der Waals surface area (Å²) >= 11 is 0. The number of benzene rings is 2. The van der Waals surface area contributed by atoms with Gasteiger partial charge in [0.15, 0.2) is 0 Å². The number of carbonyl (C=O) groups is 3. The topological polar surface area (TPSA) is 110 Å². The van der Waals surface area contributed by atoms with Crippen LogP contribution in [-0.2, 0) is 19.0 Å². The molecule has 1 aliphatic rings. The van der Waals surface area contributed by atoms with Crippen molar-refractivity contribution in [1.29, 1.82) is 0 Å². The first-order valence-electron chi connectivity index (χ1n) is 13.4. The minimum absolute atomic E-state index is 0.168. The van der Waals surface area contributed by atoms with Crippen LogP contribution in [0.15, 0.2) is 54.6 Å². The number of nitrogens with one attached hydrogen (secondary N) is 2. The fourth-order valence-electron chi connectivity index (χ4n) is 4.78. The Morgan fingerprint density at radius 2 is 1.82 bits per heavy atom. The van der Waals surface area contributed by atoms with Gasteiger partial charge >= 0.3 is 12.1 Å². The summed E-state index contributed by atoms with van der Waals surface area (Å²) in [6.07, 6.45) is 0.766. The van der Waals surface area contributed by atoms with Gasteiger partial charge in [-0.3, -0.25) is 9.69 Å². The van der Waals surface area contributed by atoms with Gasteiger partial charge in [0.1, 0.15) is 17.3 Å². The van der Waals surface area contributed by atoms with E-state index >= 15 is 0 Å². The average Bonchev–Trinajstić information content (AvgIpc) is 3.53. The lowest BCUT2D eigenvalue weighted by atomic mass is 9.91. The lowest BCUT2D eigenvalue weighted by molar-refractivity contribution is -0.120. The van der Waals surface area contributed by atoms with Gasteiger partial charge in [-0.2, -0.15) is 0 Å². The Balaban J connectivity index is 1.50. The molecule has 9 nitrogen and oxygen atoms in total. The molecule has 2 heterocycles.